The highest BCUT2D eigenvalue weighted by Gasteiger charge is 2.41. The maximum absolute atomic E-state index is 12.6. The van der Waals surface area contributed by atoms with Crippen LogP contribution in [0.3, 0.4) is 0 Å². The molecule has 4 rings (SSSR count). The van der Waals surface area contributed by atoms with Gasteiger partial charge in [-0.3, -0.25) is 4.79 Å². The quantitative estimate of drug-likeness (QED) is 0.869. The number of likely N-dealkylation sites (N-methyl/N-ethyl adjacent to an activating group) is 1. The molecule has 0 saturated carbocycles. The lowest BCUT2D eigenvalue weighted by atomic mass is 9.72. The van der Waals surface area contributed by atoms with Crippen molar-refractivity contribution in [3.63, 3.8) is 0 Å². The molecule has 1 fully saturated rings. The summed E-state index contributed by atoms with van der Waals surface area (Å²) in [6.45, 7) is 3.84. The molecular weight excluding hydrogens is 310 g/mol. The Labute approximate surface area is 150 Å². The Morgan fingerprint density at radius 1 is 1.32 bits per heavy atom. The summed E-state index contributed by atoms with van der Waals surface area (Å²) in [6.07, 6.45) is 6.54. The van der Waals surface area contributed by atoms with E-state index < -0.39 is 0 Å². The van der Waals surface area contributed by atoms with Crippen LogP contribution in [0.5, 0.6) is 0 Å². The van der Waals surface area contributed by atoms with Crippen molar-refractivity contribution >= 4 is 16.8 Å². The van der Waals surface area contributed by atoms with Crippen LogP contribution in [0.1, 0.15) is 43.2 Å². The average molecular weight is 339 g/mol. The molecule has 2 aromatic rings. The first-order chi connectivity index (χ1) is 12.1. The topological polar surface area (TPSA) is 37.3 Å². The van der Waals surface area contributed by atoms with E-state index in [1.807, 2.05) is 0 Å². The highest BCUT2D eigenvalue weighted by Crippen LogP contribution is 2.44. The number of nitrogens with one attached hydrogen (secondary N) is 1. The van der Waals surface area contributed by atoms with Gasteiger partial charge in [-0.2, -0.15) is 0 Å². The highest BCUT2D eigenvalue weighted by molar-refractivity contribution is 5.89. The number of carbonyl (C=O) groups is 1. The number of unbranched alkanes of at least 4 members (excludes halogenated alkanes) is 1. The summed E-state index contributed by atoms with van der Waals surface area (Å²) in [5, 5.41) is 4.58. The summed E-state index contributed by atoms with van der Waals surface area (Å²) in [5.41, 5.74) is 4.23. The van der Waals surface area contributed by atoms with E-state index in [9.17, 15) is 4.79 Å². The van der Waals surface area contributed by atoms with Gasteiger partial charge in [0.25, 0.3) is 0 Å². The van der Waals surface area contributed by atoms with E-state index >= 15 is 0 Å². The Kier molecular flexibility index (Phi) is 4.32. The molecular formula is C21H29N3O. The van der Waals surface area contributed by atoms with E-state index in [0.29, 0.717) is 12.0 Å². The SMILES string of the molecule is CCCCNC(=O)C1CC2c3cccc4c3c(cn4C)CC2N(C)C1. The van der Waals surface area contributed by atoms with Crippen molar-refractivity contribution in [2.24, 2.45) is 13.0 Å². The smallest absolute Gasteiger partial charge is 0.224 e. The van der Waals surface area contributed by atoms with Crippen LogP contribution >= 0.6 is 0 Å². The molecule has 25 heavy (non-hydrogen) atoms. The van der Waals surface area contributed by atoms with E-state index in [1.54, 1.807) is 0 Å². The Morgan fingerprint density at radius 3 is 2.96 bits per heavy atom. The third-order valence-electron chi connectivity index (χ3n) is 6.23. The van der Waals surface area contributed by atoms with Gasteiger partial charge in [-0.15, -0.1) is 0 Å². The molecule has 1 saturated heterocycles. The van der Waals surface area contributed by atoms with Gasteiger partial charge in [0.1, 0.15) is 0 Å². The van der Waals surface area contributed by atoms with E-state index in [4.69, 9.17) is 0 Å². The number of amides is 1. The molecule has 0 bridgehead atoms. The van der Waals surface area contributed by atoms with Gasteiger partial charge in [-0.1, -0.05) is 25.5 Å². The molecule has 4 nitrogen and oxygen atoms in total. The maximum Gasteiger partial charge on any atom is 0.224 e. The summed E-state index contributed by atoms with van der Waals surface area (Å²) >= 11 is 0. The second-order valence-corrected chi connectivity index (χ2v) is 7.90. The van der Waals surface area contributed by atoms with Gasteiger partial charge < -0.3 is 14.8 Å². The maximum atomic E-state index is 12.6. The molecule has 2 aliphatic rings. The van der Waals surface area contributed by atoms with Gasteiger partial charge in [0.2, 0.25) is 5.91 Å². The molecule has 0 spiro atoms. The first-order valence-electron chi connectivity index (χ1n) is 9.65. The minimum atomic E-state index is 0.101. The van der Waals surface area contributed by atoms with E-state index in [-0.39, 0.29) is 11.8 Å². The third-order valence-corrected chi connectivity index (χ3v) is 6.23. The molecule has 4 heteroatoms. The van der Waals surface area contributed by atoms with Gasteiger partial charge in [0, 0.05) is 49.2 Å². The van der Waals surface area contributed by atoms with Gasteiger partial charge in [0.15, 0.2) is 0 Å². The van der Waals surface area contributed by atoms with Crippen LogP contribution < -0.4 is 5.32 Å². The van der Waals surface area contributed by atoms with Crippen LogP contribution in [0.15, 0.2) is 24.4 Å². The van der Waals surface area contributed by atoms with Gasteiger partial charge in [-0.25, -0.2) is 0 Å². The number of aromatic nitrogens is 1. The fourth-order valence-corrected chi connectivity index (χ4v) is 4.94. The summed E-state index contributed by atoms with van der Waals surface area (Å²) in [4.78, 5) is 15.1. The van der Waals surface area contributed by atoms with Crippen LogP contribution in [-0.4, -0.2) is 41.6 Å². The Morgan fingerprint density at radius 2 is 2.16 bits per heavy atom. The third kappa shape index (κ3) is 2.77. The van der Waals surface area contributed by atoms with Crippen LogP contribution in [0.2, 0.25) is 0 Å². The first-order valence-corrected chi connectivity index (χ1v) is 9.65. The predicted molar refractivity (Wildman–Crippen MR) is 102 cm³/mol. The van der Waals surface area contributed by atoms with Gasteiger partial charge in [-0.05, 0) is 43.5 Å². The second kappa shape index (κ2) is 6.49. The lowest BCUT2D eigenvalue weighted by Gasteiger charge is -2.45. The predicted octanol–water partition coefficient (Wildman–Crippen LogP) is 3.05. The zero-order valence-electron chi connectivity index (χ0n) is 15.6. The number of nitrogens with zero attached hydrogens (tertiary/aromatic N) is 2. The number of carbonyl (C=O) groups excluding carboxylic acids is 1. The second-order valence-electron chi connectivity index (χ2n) is 7.90. The van der Waals surface area contributed by atoms with Crippen LogP contribution in [0.25, 0.3) is 10.9 Å². The van der Waals surface area contributed by atoms with Gasteiger partial charge in [0.05, 0.1) is 5.92 Å². The monoisotopic (exact) mass is 339 g/mol. The molecule has 0 radical (unpaired) electrons. The number of piperidine rings is 1. The van der Waals surface area contributed by atoms with Crippen LogP contribution in [0, 0.1) is 5.92 Å². The lowest BCUT2D eigenvalue weighted by Crippen LogP contribution is -2.51. The van der Waals surface area contributed by atoms with Gasteiger partial charge >= 0.3 is 0 Å². The Bertz CT molecular complexity index is 794. The largest absolute Gasteiger partial charge is 0.356 e. The summed E-state index contributed by atoms with van der Waals surface area (Å²) < 4.78 is 2.25. The number of hydrogen-bond acceptors (Lipinski definition) is 2. The van der Waals surface area contributed by atoms with E-state index in [2.05, 4.69) is 60.2 Å². The molecule has 3 unspecified atom stereocenters. The average Bonchev–Trinajstić information content (AvgIpc) is 2.93. The zero-order valence-corrected chi connectivity index (χ0v) is 15.6. The molecule has 134 valence electrons. The van der Waals surface area contributed by atoms with Crippen molar-refractivity contribution in [1.82, 2.24) is 14.8 Å². The van der Waals surface area contributed by atoms with Crippen molar-refractivity contribution in [3.8, 4) is 0 Å². The normalized spacial score (nSPS) is 25.8. The van der Waals surface area contributed by atoms with Crippen molar-refractivity contribution in [3.05, 3.63) is 35.5 Å². The summed E-state index contributed by atoms with van der Waals surface area (Å²) in [7, 11) is 4.33. The number of aryl methyl sites for hydroxylation is 1. The molecule has 3 atom stereocenters. The Hall–Kier alpha value is -1.81. The molecule has 1 N–H and O–H groups in total. The summed E-state index contributed by atoms with van der Waals surface area (Å²) in [5.74, 6) is 0.799. The number of rotatable bonds is 4. The van der Waals surface area contributed by atoms with Crippen molar-refractivity contribution in [1.29, 1.82) is 0 Å². The summed E-state index contributed by atoms with van der Waals surface area (Å²) in [6, 6.07) is 7.19. The lowest BCUT2D eigenvalue weighted by molar-refractivity contribution is -0.127. The van der Waals surface area contributed by atoms with E-state index in [0.717, 1.165) is 38.8 Å². The van der Waals surface area contributed by atoms with E-state index in [1.165, 1.54) is 22.0 Å². The first kappa shape index (κ1) is 16.6. The molecule has 2 heterocycles. The zero-order chi connectivity index (χ0) is 17.6. The number of likely N-dealkylation sites (tertiary alicyclic amines) is 1. The molecule has 1 aliphatic heterocycles. The Balaban J connectivity index is 1.63. The molecule has 1 amide bonds. The fraction of sp³-hybridized carbons (Fsp3) is 0.571. The fourth-order valence-electron chi connectivity index (χ4n) is 4.94. The molecule has 1 aromatic carbocycles. The number of benzene rings is 1. The highest BCUT2D eigenvalue weighted by atomic mass is 16.1. The molecule has 1 aliphatic carbocycles. The standard InChI is InChI=1S/C21H29N3O/c1-4-5-9-22-21(25)15-10-17-16-7-6-8-18-20(16)14(12-23(18)2)11-19(17)24(3)13-15/h6-8,12,15,17,19H,4-5,9-11,13H2,1-3H3,(H,22,25). The minimum Gasteiger partial charge on any atom is -0.356 e. The number of hydrogen-bond donors (Lipinski definition) is 1. The van der Waals surface area contributed by atoms with Crippen LogP contribution in [0.4, 0.5) is 0 Å². The van der Waals surface area contributed by atoms with Crippen molar-refractivity contribution < 1.29 is 4.79 Å². The minimum absolute atomic E-state index is 0.101. The van der Waals surface area contributed by atoms with Crippen molar-refractivity contribution in [2.45, 2.75) is 44.6 Å². The molecule has 1 aromatic heterocycles. The number of fused-ring (bicyclic) bond motifs is 2. The van der Waals surface area contributed by atoms with Crippen molar-refractivity contribution in [2.75, 3.05) is 20.1 Å². The van der Waals surface area contributed by atoms with Crippen LogP contribution in [-0.2, 0) is 18.3 Å².